The van der Waals surface area contributed by atoms with Crippen LogP contribution in [-0.2, 0) is 20.8 Å². The molecule has 7 heteroatoms. The van der Waals surface area contributed by atoms with Crippen molar-refractivity contribution >= 4 is 5.91 Å². The van der Waals surface area contributed by atoms with Gasteiger partial charge in [0.25, 0.3) is 0 Å². The molecule has 1 aromatic rings. The fourth-order valence-electron chi connectivity index (χ4n) is 2.13. The molecule has 1 aliphatic heterocycles. The molecule has 7 nitrogen and oxygen atoms in total. The smallest absolute Gasteiger partial charge is 0.242 e. The molecule has 1 amide bonds. The van der Waals surface area contributed by atoms with Gasteiger partial charge in [0.15, 0.2) is 0 Å². The lowest BCUT2D eigenvalue weighted by molar-refractivity contribution is -0.158. The largest absolute Gasteiger partial charge is 0.388 e. The summed E-state index contributed by atoms with van der Waals surface area (Å²) in [6, 6.07) is -0.394. The fraction of sp³-hybridized carbons (Fsp3) is 0.667. The van der Waals surface area contributed by atoms with Gasteiger partial charge in [0.1, 0.15) is 18.8 Å². The van der Waals surface area contributed by atoms with E-state index in [-0.39, 0.29) is 12.5 Å². The van der Waals surface area contributed by atoms with Crippen LogP contribution in [0.3, 0.4) is 0 Å². The van der Waals surface area contributed by atoms with Crippen molar-refractivity contribution in [2.75, 3.05) is 27.4 Å². The van der Waals surface area contributed by atoms with Crippen molar-refractivity contribution in [2.24, 2.45) is 0 Å². The molecule has 1 aliphatic rings. The zero-order valence-electron chi connectivity index (χ0n) is 11.1. The van der Waals surface area contributed by atoms with Gasteiger partial charge in [0, 0.05) is 26.6 Å². The number of imidazole rings is 1. The van der Waals surface area contributed by atoms with Crippen LogP contribution >= 0.6 is 0 Å². The second kappa shape index (κ2) is 6.14. The highest BCUT2D eigenvalue weighted by Crippen LogP contribution is 2.16. The minimum absolute atomic E-state index is 0.109. The highest BCUT2D eigenvalue weighted by Gasteiger charge is 2.36. The number of carbonyl (C=O) groups excluding carboxylic acids is 1. The number of likely N-dealkylation sites (N-methyl/N-ethyl adjacent to an activating group) is 1. The molecule has 0 unspecified atom stereocenters. The number of rotatable bonds is 4. The van der Waals surface area contributed by atoms with Gasteiger partial charge in [-0.25, -0.2) is 4.98 Å². The Morgan fingerprint density at radius 3 is 3.05 bits per heavy atom. The fourth-order valence-corrected chi connectivity index (χ4v) is 2.13. The third-order valence-corrected chi connectivity index (χ3v) is 3.42. The number of ether oxygens (including phenoxy) is 2. The molecule has 0 aromatic carbocycles. The zero-order chi connectivity index (χ0) is 13.8. The van der Waals surface area contributed by atoms with Gasteiger partial charge in [-0.2, -0.15) is 0 Å². The van der Waals surface area contributed by atoms with Crippen LogP contribution in [0.25, 0.3) is 0 Å². The molecule has 0 aliphatic carbocycles. The molecule has 0 bridgehead atoms. The SMILES string of the molecule is CO[C@@H]1COC[C@@H](N(C)C(=O)Cn2ccnc2)[C@@H]1O. The summed E-state index contributed by atoms with van der Waals surface area (Å²) >= 11 is 0. The molecular formula is C12H19N3O4. The Morgan fingerprint density at radius 1 is 1.63 bits per heavy atom. The van der Waals surface area contributed by atoms with Gasteiger partial charge in [-0.15, -0.1) is 0 Å². The van der Waals surface area contributed by atoms with Crippen LogP contribution in [0, 0.1) is 0 Å². The molecule has 1 fully saturated rings. The van der Waals surface area contributed by atoms with Crippen molar-refractivity contribution in [3.05, 3.63) is 18.7 Å². The van der Waals surface area contributed by atoms with Gasteiger partial charge in [0.05, 0.1) is 25.6 Å². The molecular weight excluding hydrogens is 250 g/mol. The summed E-state index contributed by atoms with van der Waals surface area (Å²) in [5.74, 6) is -0.109. The maximum absolute atomic E-state index is 12.1. The predicted molar refractivity (Wildman–Crippen MR) is 66.4 cm³/mol. The second-order valence-electron chi connectivity index (χ2n) is 4.61. The molecule has 0 spiro atoms. The van der Waals surface area contributed by atoms with Crippen molar-refractivity contribution in [3.63, 3.8) is 0 Å². The lowest BCUT2D eigenvalue weighted by Crippen LogP contribution is -2.57. The molecule has 19 heavy (non-hydrogen) atoms. The number of amides is 1. The van der Waals surface area contributed by atoms with E-state index in [4.69, 9.17) is 9.47 Å². The van der Waals surface area contributed by atoms with E-state index in [1.807, 2.05) is 0 Å². The summed E-state index contributed by atoms with van der Waals surface area (Å²) in [5.41, 5.74) is 0. The van der Waals surface area contributed by atoms with Crippen LogP contribution in [0.1, 0.15) is 0 Å². The average molecular weight is 269 g/mol. The van der Waals surface area contributed by atoms with Gasteiger partial charge < -0.3 is 24.0 Å². The standard InChI is InChI=1S/C12H19N3O4/c1-14(11(16)5-15-4-3-13-8-15)9-6-19-7-10(18-2)12(9)17/h3-4,8-10,12,17H,5-7H2,1-2H3/t9-,10-,12+/m1/s1. The summed E-state index contributed by atoms with van der Waals surface area (Å²) in [6.45, 7) is 0.849. The van der Waals surface area contributed by atoms with Crippen molar-refractivity contribution < 1.29 is 19.4 Å². The highest BCUT2D eigenvalue weighted by molar-refractivity contribution is 5.76. The third kappa shape index (κ3) is 3.12. The molecule has 0 saturated carbocycles. The Kier molecular flexibility index (Phi) is 4.52. The third-order valence-electron chi connectivity index (χ3n) is 3.42. The van der Waals surface area contributed by atoms with E-state index in [2.05, 4.69) is 4.98 Å². The normalized spacial score (nSPS) is 27.2. The number of hydrogen-bond acceptors (Lipinski definition) is 5. The molecule has 2 rings (SSSR count). The molecule has 2 heterocycles. The minimum atomic E-state index is -0.740. The topological polar surface area (TPSA) is 76.8 Å². The Balaban J connectivity index is 1.97. The van der Waals surface area contributed by atoms with Crippen LogP contribution in [0.15, 0.2) is 18.7 Å². The number of aromatic nitrogens is 2. The van der Waals surface area contributed by atoms with Gasteiger partial charge in [0.2, 0.25) is 5.91 Å². The van der Waals surface area contributed by atoms with E-state index in [1.54, 1.807) is 30.3 Å². The number of aliphatic hydroxyl groups excluding tert-OH is 1. The second-order valence-corrected chi connectivity index (χ2v) is 4.61. The Bertz CT molecular complexity index is 409. The van der Waals surface area contributed by atoms with Gasteiger partial charge in [-0.05, 0) is 0 Å². The van der Waals surface area contributed by atoms with Crippen molar-refractivity contribution in [2.45, 2.75) is 24.8 Å². The number of carbonyl (C=O) groups is 1. The van der Waals surface area contributed by atoms with Crippen LogP contribution in [0.5, 0.6) is 0 Å². The van der Waals surface area contributed by atoms with Gasteiger partial charge in [-0.3, -0.25) is 4.79 Å². The van der Waals surface area contributed by atoms with E-state index in [1.165, 1.54) is 12.0 Å². The Hall–Kier alpha value is -1.44. The van der Waals surface area contributed by atoms with Crippen LogP contribution < -0.4 is 0 Å². The zero-order valence-corrected chi connectivity index (χ0v) is 11.1. The maximum atomic E-state index is 12.1. The molecule has 0 radical (unpaired) electrons. The summed E-state index contributed by atoms with van der Waals surface area (Å²) in [5, 5.41) is 10.2. The predicted octanol–water partition coefficient (Wildman–Crippen LogP) is -0.884. The Labute approximate surface area is 111 Å². The molecule has 1 saturated heterocycles. The number of hydrogen-bond donors (Lipinski definition) is 1. The first kappa shape index (κ1) is 14.0. The number of nitrogens with zero attached hydrogens (tertiary/aromatic N) is 3. The summed E-state index contributed by atoms with van der Waals surface area (Å²) < 4.78 is 12.2. The van der Waals surface area contributed by atoms with Crippen LogP contribution in [0.2, 0.25) is 0 Å². The first-order chi connectivity index (χ1) is 9.13. The summed E-state index contributed by atoms with van der Waals surface area (Å²) in [4.78, 5) is 17.5. The van der Waals surface area contributed by atoms with Gasteiger partial charge in [-0.1, -0.05) is 0 Å². The molecule has 1 N–H and O–H groups in total. The first-order valence-electron chi connectivity index (χ1n) is 6.13. The lowest BCUT2D eigenvalue weighted by atomic mass is 10.0. The van der Waals surface area contributed by atoms with Crippen molar-refractivity contribution in [1.82, 2.24) is 14.5 Å². The monoisotopic (exact) mass is 269 g/mol. The highest BCUT2D eigenvalue weighted by atomic mass is 16.5. The van der Waals surface area contributed by atoms with Gasteiger partial charge >= 0.3 is 0 Å². The number of aliphatic hydroxyl groups is 1. The number of methoxy groups -OCH3 is 1. The van der Waals surface area contributed by atoms with Crippen molar-refractivity contribution in [1.29, 1.82) is 0 Å². The first-order valence-corrected chi connectivity index (χ1v) is 6.13. The molecule has 106 valence electrons. The van der Waals surface area contributed by atoms with E-state index in [9.17, 15) is 9.90 Å². The molecule has 3 atom stereocenters. The van der Waals surface area contributed by atoms with E-state index >= 15 is 0 Å². The molecule has 1 aromatic heterocycles. The Morgan fingerprint density at radius 2 is 2.42 bits per heavy atom. The average Bonchev–Trinajstić information content (AvgIpc) is 2.91. The van der Waals surface area contributed by atoms with E-state index in [0.29, 0.717) is 13.2 Å². The lowest BCUT2D eigenvalue weighted by Gasteiger charge is -2.38. The summed E-state index contributed by atoms with van der Waals surface area (Å²) in [6.07, 6.45) is 3.78. The summed E-state index contributed by atoms with van der Waals surface area (Å²) in [7, 11) is 3.18. The van der Waals surface area contributed by atoms with E-state index in [0.717, 1.165) is 0 Å². The van der Waals surface area contributed by atoms with E-state index < -0.39 is 18.2 Å². The van der Waals surface area contributed by atoms with Crippen molar-refractivity contribution in [3.8, 4) is 0 Å². The quantitative estimate of drug-likeness (QED) is 0.768. The van der Waals surface area contributed by atoms with Crippen LogP contribution in [0.4, 0.5) is 0 Å². The van der Waals surface area contributed by atoms with Crippen LogP contribution in [-0.4, -0.2) is 71.1 Å². The maximum Gasteiger partial charge on any atom is 0.242 e. The minimum Gasteiger partial charge on any atom is -0.388 e.